The first kappa shape index (κ1) is 13.8. The van der Waals surface area contributed by atoms with Gasteiger partial charge in [-0.3, -0.25) is 4.79 Å². The van der Waals surface area contributed by atoms with Gasteiger partial charge >= 0.3 is 0 Å². The Hall–Kier alpha value is -2.67. The molecule has 0 saturated carbocycles. The Morgan fingerprint density at radius 2 is 2.20 bits per heavy atom. The van der Waals surface area contributed by atoms with Crippen molar-refractivity contribution in [3.05, 3.63) is 59.3 Å². The van der Waals surface area contributed by atoms with Gasteiger partial charge in [-0.2, -0.15) is 5.26 Å². The van der Waals surface area contributed by atoms with Crippen molar-refractivity contribution in [1.82, 2.24) is 4.98 Å². The maximum absolute atomic E-state index is 11.8. The number of rotatable bonds is 4. The Balaban J connectivity index is 1.87. The standard InChI is InChI=1S/C16H15N3O/c1-12-3-2-4-13(9-12)6-8-16(20)19-15-7-5-14(10-17)11-18-15/h2-5,7,9,11H,6,8H2,1H3,(H,18,19,20). The van der Waals surface area contributed by atoms with Crippen molar-refractivity contribution in [1.29, 1.82) is 5.26 Å². The second kappa shape index (κ2) is 6.48. The van der Waals surface area contributed by atoms with E-state index in [1.54, 1.807) is 12.1 Å². The fourth-order valence-corrected chi connectivity index (χ4v) is 1.86. The van der Waals surface area contributed by atoms with Gasteiger partial charge in [0.15, 0.2) is 0 Å². The van der Waals surface area contributed by atoms with Gasteiger partial charge in [0.2, 0.25) is 5.91 Å². The monoisotopic (exact) mass is 265 g/mol. The first-order valence-corrected chi connectivity index (χ1v) is 6.39. The van der Waals surface area contributed by atoms with Gasteiger partial charge in [-0.1, -0.05) is 29.8 Å². The van der Waals surface area contributed by atoms with Gasteiger partial charge in [-0.05, 0) is 31.0 Å². The SMILES string of the molecule is Cc1cccc(CCC(=O)Nc2ccc(C#N)cn2)c1. The summed E-state index contributed by atoms with van der Waals surface area (Å²) in [5.74, 6) is 0.391. The minimum atomic E-state index is -0.0799. The van der Waals surface area contributed by atoms with E-state index in [2.05, 4.69) is 16.4 Å². The number of hydrogen-bond acceptors (Lipinski definition) is 3. The number of nitrogens with zero attached hydrogens (tertiary/aromatic N) is 2. The van der Waals surface area contributed by atoms with Crippen LogP contribution in [0.25, 0.3) is 0 Å². The zero-order valence-electron chi connectivity index (χ0n) is 11.3. The quantitative estimate of drug-likeness (QED) is 0.924. The number of carbonyl (C=O) groups excluding carboxylic acids is 1. The molecule has 1 N–H and O–H groups in total. The van der Waals surface area contributed by atoms with Gasteiger partial charge in [-0.25, -0.2) is 4.98 Å². The van der Waals surface area contributed by atoms with Gasteiger partial charge in [0.1, 0.15) is 11.9 Å². The lowest BCUT2D eigenvalue weighted by atomic mass is 10.1. The molecule has 1 amide bonds. The lowest BCUT2D eigenvalue weighted by molar-refractivity contribution is -0.116. The second-order valence-corrected chi connectivity index (χ2v) is 4.58. The fraction of sp³-hybridized carbons (Fsp3) is 0.188. The third-order valence-corrected chi connectivity index (χ3v) is 2.88. The molecular weight excluding hydrogens is 250 g/mol. The molecule has 0 saturated heterocycles. The van der Waals surface area contributed by atoms with Crippen LogP contribution >= 0.6 is 0 Å². The molecule has 1 aromatic carbocycles. The highest BCUT2D eigenvalue weighted by Crippen LogP contribution is 2.08. The molecule has 1 heterocycles. The number of hydrogen-bond donors (Lipinski definition) is 1. The van der Waals surface area contributed by atoms with E-state index < -0.39 is 0 Å². The number of carbonyl (C=O) groups is 1. The first-order valence-electron chi connectivity index (χ1n) is 6.39. The minimum Gasteiger partial charge on any atom is -0.311 e. The van der Waals surface area contributed by atoms with Crippen LogP contribution in [0.4, 0.5) is 5.82 Å². The zero-order chi connectivity index (χ0) is 14.4. The number of pyridine rings is 1. The summed E-state index contributed by atoms with van der Waals surface area (Å²) in [6, 6.07) is 13.4. The van der Waals surface area contributed by atoms with Gasteiger partial charge < -0.3 is 5.32 Å². The molecule has 0 atom stereocenters. The van der Waals surface area contributed by atoms with Crippen molar-refractivity contribution in [2.24, 2.45) is 0 Å². The highest BCUT2D eigenvalue weighted by atomic mass is 16.1. The highest BCUT2D eigenvalue weighted by molar-refractivity contribution is 5.89. The van der Waals surface area contributed by atoms with Crippen molar-refractivity contribution >= 4 is 11.7 Å². The van der Waals surface area contributed by atoms with Crippen molar-refractivity contribution in [3.63, 3.8) is 0 Å². The van der Waals surface area contributed by atoms with Crippen LogP contribution in [0.3, 0.4) is 0 Å². The Morgan fingerprint density at radius 3 is 2.85 bits per heavy atom. The molecule has 2 aromatic rings. The summed E-state index contributed by atoms with van der Waals surface area (Å²) in [6.07, 6.45) is 2.55. The van der Waals surface area contributed by atoms with E-state index in [-0.39, 0.29) is 5.91 Å². The Morgan fingerprint density at radius 1 is 1.35 bits per heavy atom. The number of aryl methyl sites for hydroxylation is 2. The molecule has 0 aliphatic heterocycles. The normalized spacial score (nSPS) is 9.80. The number of nitriles is 1. The van der Waals surface area contributed by atoms with Crippen molar-refractivity contribution in [2.75, 3.05) is 5.32 Å². The van der Waals surface area contributed by atoms with E-state index in [1.807, 2.05) is 31.2 Å². The summed E-state index contributed by atoms with van der Waals surface area (Å²) in [7, 11) is 0. The number of anilines is 1. The molecule has 0 unspecified atom stereocenters. The molecule has 0 aliphatic carbocycles. The number of benzene rings is 1. The van der Waals surface area contributed by atoms with Crippen LogP contribution in [0, 0.1) is 18.3 Å². The molecule has 4 heteroatoms. The average Bonchev–Trinajstić information content (AvgIpc) is 2.46. The van der Waals surface area contributed by atoms with Crippen LogP contribution in [-0.2, 0) is 11.2 Å². The maximum atomic E-state index is 11.8. The van der Waals surface area contributed by atoms with E-state index in [9.17, 15) is 4.79 Å². The van der Waals surface area contributed by atoms with Crippen molar-refractivity contribution in [3.8, 4) is 6.07 Å². The predicted octanol–water partition coefficient (Wildman–Crippen LogP) is 2.83. The summed E-state index contributed by atoms with van der Waals surface area (Å²) in [6.45, 7) is 2.03. The van der Waals surface area contributed by atoms with Crippen LogP contribution in [0.1, 0.15) is 23.1 Å². The summed E-state index contributed by atoms with van der Waals surface area (Å²) in [4.78, 5) is 15.8. The smallest absolute Gasteiger partial charge is 0.225 e. The molecule has 0 radical (unpaired) electrons. The molecule has 1 aromatic heterocycles. The lowest BCUT2D eigenvalue weighted by Crippen LogP contribution is -2.13. The van der Waals surface area contributed by atoms with Crippen LogP contribution in [0.5, 0.6) is 0 Å². The maximum Gasteiger partial charge on any atom is 0.225 e. The average molecular weight is 265 g/mol. The van der Waals surface area contributed by atoms with E-state index in [0.717, 1.165) is 5.56 Å². The van der Waals surface area contributed by atoms with Crippen molar-refractivity contribution < 1.29 is 4.79 Å². The van der Waals surface area contributed by atoms with Crippen LogP contribution in [-0.4, -0.2) is 10.9 Å². The summed E-state index contributed by atoms with van der Waals surface area (Å²) < 4.78 is 0. The van der Waals surface area contributed by atoms with Gasteiger partial charge in [-0.15, -0.1) is 0 Å². The van der Waals surface area contributed by atoms with Gasteiger partial charge in [0, 0.05) is 12.6 Å². The van der Waals surface area contributed by atoms with E-state index in [1.165, 1.54) is 11.8 Å². The number of amides is 1. The summed E-state index contributed by atoms with van der Waals surface area (Å²) in [5.41, 5.74) is 2.81. The highest BCUT2D eigenvalue weighted by Gasteiger charge is 2.04. The molecule has 2 rings (SSSR count). The minimum absolute atomic E-state index is 0.0799. The third kappa shape index (κ3) is 3.92. The van der Waals surface area contributed by atoms with Gasteiger partial charge in [0.25, 0.3) is 0 Å². The number of nitrogens with one attached hydrogen (secondary N) is 1. The Bertz CT molecular complexity index is 642. The molecule has 0 fully saturated rings. The zero-order valence-corrected chi connectivity index (χ0v) is 11.3. The molecule has 100 valence electrons. The molecule has 0 spiro atoms. The second-order valence-electron chi connectivity index (χ2n) is 4.58. The fourth-order valence-electron chi connectivity index (χ4n) is 1.86. The van der Waals surface area contributed by atoms with Crippen LogP contribution < -0.4 is 5.32 Å². The summed E-state index contributed by atoms with van der Waals surface area (Å²) >= 11 is 0. The molecular formula is C16H15N3O. The largest absolute Gasteiger partial charge is 0.311 e. The van der Waals surface area contributed by atoms with Gasteiger partial charge in [0.05, 0.1) is 5.56 Å². The molecule has 4 nitrogen and oxygen atoms in total. The molecule has 20 heavy (non-hydrogen) atoms. The molecule has 0 aliphatic rings. The first-order chi connectivity index (χ1) is 9.67. The lowest BCUT2D eigenvalue weighted by Gasteiger charge is -2.05. The predicted molar refractivity (Wildman–Crippen MR) is 77.1 cm³/mol. The van der Waals surface area contributed by atoms with Crippen molar-refractivity contribution in [2.45, 2.75) is 19.8 Å². The third-order valence-electron chi connectivity index (χ3n) is 2.88. The van der Waals surface area contributed by atoms with E-state index in [4.69, 9.17) is 5.26 Å². The van der Waals surface area contributed by atoms with Crippen LogP contribution in [0.2, 0.25) is 0 Å². The van der Waals surface area contributed by atoms with E-state index >= 15 is 0 Å². The summed E-state index contributed by atoms with van der Waals surface area (Å²) in [5, 5.41) is 11.4. The van der Waals surface area contributed by atoms with E-state index in [0.29, 0.717) is 24.2 Å². The Labute approximate surface area is 118 Å². The molecule has 0 bridgehead atoms. The Kier molecular flexibility index (Phi) is 4.46. The van der Waals surface area contributed by atoms with Crippen LogP contribution in [0.15, 0.2) is 42.6 Å². The topological polar surface area (TPSA) is 65.8 Å². The number of aromatic nitrogens is 1.